The van der Waals surface area contributed by atoms with E-state index in [4.69, 9.17) is 0 Å². The van der Waals surface area contributed by atoms with Gasteiger partial charge in [-0.1, -0.05) is 25.1 Å². The number of hydrogen-bond acceptors (Lipinski definition) is 4. The number of hydrogen-bond donors (Lipinski definition) is 1. The molecule has 3 aromatic rings. The molecular weight excluding hydrogens is 547 g/mol. The van der Waals surface area contributed by atoms with Crippen LogP contribution in [0.3, 0.4) is 0 Å². The Kier molecular flexibility index (Phi) is 8.22. The third-order valence-electron chi connectivity index (χ3n) is 7.76. The molecule has 5 rings (SSSR count). The monoisotopic (exact) mass is 579 g/mol. The van der Waals surface area contributed by atoms with Crippen molar-refractivity contribution in [3.63, 3.8) is 0 Å². The van der Waals surface area contributed by atoms with Gasteiger partial charge >= 0.3 is 18.2 Å². The molecule has 1 unspecified atom stereocenters. The van der Waals surface area contributed by atoms with Gasteiger partial charge in [-0.3, -0.25) is 19.5 Å². The third-order valence-corrected chi connectivity index (χ3v) is 7.76. The number of para-hydroxylation sites is 1. The smallest absolute Gasteiger partial charge is 0.350 e. The van der Waals surface area contributed by atoms with Gasteiger partial charge in [0.1, 0.15) is 0 Å². The highest BCUT2D eigenvalue weighted by Crippen LogP contribution is 2.43. The van der Waals surface area contributed by atoms with E-state index in [9.17, 15) is 27.6 Å². The Labute approximate surface area is 242 Å². The highest BCUT2D eigenvalue weighted by Gasteiger charge is 2.41. The zero-order valence-corrected chi connectivity index (χ0v) is 23.4. The molecule has 0 spiro atoms. The van der Waals surface area contributed by atoms with Gasteiger partial charge in [0.15, 0.2) is 0 Å². The molecule has 1 fully saturated rings. The van der Waals surface area contributed by atoms with Crippen LogP contribution >= 0.6 is 0 Å². The van der Waals surface area contributed by atoms with Crippen LogP contribution < -0.4 is 20.0 Å². The van der Waals surface area contributed by atoms with Crippen LogP contribution in [-0.4, -0.2) is 55.1 Å². The van der Waals surface area contributed by atoms with Crippen LogP contribution in [-0.2, 0) is 6.18 Å². The molecule has 0 bridgehead atoms. The lowest BCUT2D eigenvalue weighted by Crippen LogP contribution is -2.48. The molecule has 0 aromatic heterocycles. The van der Waals surface area contributed by atoms with Crippen molar-refractivity contribution in [2.24, 2.45) is 0 Å². The van der Waals surface area contributed by atoms with Gasteiger partial charge in [-0.05, 0) is 87.5 Å². The fourth-order valence-corrected chi connectivity index (χ4v) is 5.59. The third kappa shape index (κ3) is 5.56. The first-order valence-electron chi connectivity index (χ1n) is 14.0. The first kappa shape index (κ1) is 29.1. The Bertz CT molecular complexity index is 1460. The molecule has 1 saturated heterocycles. The largest absolute Gasteiger partial charge is 0.416 e. The van der Waals surface area contributed by atoms with Crippen LogP contribution in [0.4, 0.5) is 45.5 Å². The standard InChI is InChI=1S/C31H32F3N5O3/c1-3-36-18-8-11-25(36)20-35-28(40)21-12-15-24(16-13-21)39-29(41)37(4-2)26-17-14-22(31(32,33)34)19-27(26)38(30(39)42)23-9-6-5-7-10-23/h5-7,9-10,12-17,19,25H,3-4,8,11,18,20H2,1-2H3,(H,35,40). The average molecular weight is 580 g/mol. The van der Waals surface area contributed by atoms with E-state index >= 15 is 0 Å². The summed E-state index contributed by atoms with van der Waals surface area (Å²) in [5, 5.41) is 2.97. The number of carbonyl (C=O) groups excluding carboxylic acids is 3. The molecule has 2 aliphatic heterocycles. The van der Waals surface area contributed by atoms with Crippen LogP contribution in [0, 0.1) is 0 Å². The average Bonchev–Trinajstić information content (AvgIpc) is 3.42. The Hall–Kier alpha value is -4.38. The van der Waals surface area contributed by atoms with Crippen molar-refractivity contribution in [3.8, 4) is 0 Å². The summed E-state index contributed by atoms with van der Waals surface area (Å²) in [5.74, 6) is -0.272. The Morgan fingerprint density at radius 3 is 2.19 bits per heavy atom. The molecule has 11 heteroatoms. The first-order valence-corrected chi connectivity index (χ1v) is 14.0. The van der Waals surface area contributed by atoms with E-state index in [1.54, 1.807) is 37.3 Å². The van der Waals surface area contributed by atoms with E-state index in [1.165, 1.54) is 35.2 Å². The Balaban J connectivity index is 1.49. The van der Waals surface area contributed by atoms with E-state index in [-0.39, 0.29) is 35.6 Å². The van der Waals surface area contributed by atoms with Gasteiger partial charge in [-0.2, -0.15) is 13.2 Å². The van der Waals surface area contributed by atoms with Gasteiger partial charge < -0.3 is 5.32 Å². The number of nitrogens with one attached hydrogen (secondary N) is 1. The zero-order valence-electron chi connectivity index (χ0n) is 23.4. The summed E-state index contributed by atoms with van der Waals surface area (Å²) in [6, 6.07) is 16.0. The molecular formula is C31H32F3N5O3. The molecule has 0 saturated carbocycles. The number of alkyl halides is 3. The van der Waals surface area contributed by atoms with Crippen molar-refractivity contribution in [1.82, 2.24) is 10.2 Å². The SMILES string of the molecule is CCN1C(=O)N(c2ccc(C(=O)NCC3CCCN3CC)cc2)C(=O)N(c2ccccc2)c2cc(C(F)(F)F)ccc21. The number of halogens is 3. The normalized spacial score (nSPS) is 17.8. The molecule has 1 atom stereocenters. The number of carbonyl (C=O) groups is 3. The number of fused-ring (bicyclic) bond motifs is 1. The summed E-state index contributed by atoms with van der Waals surface area (Å²) in [7, 11) is 0. The molecule has 5 amide bonds. The minimum Gasteiger partial charge on any atom is -0.350 e. The summed E-state index contributed by atoms with van der Waals surface area (Å²) >= 11 is 0. The molecule has 2 aliphatic rings. The molecule has 8 nitrogen and oxygen atoms in total. The van der Waals surface area contributed by atoms with Crippen LogP contribution in [0.5, 0.6) is 0 Å². The molecule has 2 heterocycles. The number of amides is 5. The maximum atomic E-state index is 14.1. The van der Waals surface area contributed by atoms with E-state index < -0.39 is 23.8 Å². The number of urea groups is 2. The minimum absolute atomic E-state index is 0.0669. The molecule has 0 radical (unpaired) electrons. The molecule has 3 aromatic carbocycles. The fraction of sp³-hybridized carbons (Fsp3) is 0.323. The van der Waals surface area contributed by atoms with E-state index in [2.05, 4.69) is 17.1 Å². The number of likely N-dealkylation sites (N-methyl/N-ethyl adjacent to an activating group) is 1. The van der Waals surface area contributed by atoms with Gasteiger partial charge in [0.25, 0.3) is 5.91 Å². The van der Waals surface area contributed by atoms with Gasteiger partial charge in [0.05, 0.1) is 28.3 Å². The molecule has 0 aliphatic carbocycles. The molecule has 220 valence electrons. The number of imide groups is 1. The minimum atomic E-state index is -4.66. The second-order valence-electron chi connectivity index (χ2n) is 10.2. The van der Waals surface area contributed by atoms with Crippen molar-refractivity contribution < 1.29 is 27.6 Å². The Morgan fingerprint density at radius 1 is 0.857 bits per heavy atom. The summed E-state index contributed by atoms with van der Waals surface area (Å²) < 4.78 is 41.2. The highest BCUT2D eigenvalue weighted by atomic mass is 19.4. The lowest BCUT2D eigenvalue weighted by atomic mass is 10.1. The molecule has 1 N–H and O–H groups in total. The van der Waals surface area contributed by atoms with Crippen LogP contribution in [0.15, 0.2) is 72.8 Å². The van der Waals surface area contributed by atoms with Crippen molar-refractivity contribution >= 4 is 40.7 Å². The summed E-state index contributed by atoms with van der Waals surface area (Å²) in [5.41, 5.74) is -0.00978. The van der Waals surface area contributed by atoms with Crippen LogP contribution in [0.1, 0.15) is 42.6 Å². The van der Waals surface area contributed by atoms with Gasteiger partial charge in [-0.25, -0.2) is 14.5 Å². The quantitative estimate of drug-likeness (QED) is 0.340. The van der Waals surface area contributed by atoms with Crippen molar-refractivity contribution in [2.75, 3.05) is 40.9 Å². The predicted molar refractivity (Wildman–Crippen MR) is 155 cm³/mol. The summed E-state index contributed by atoms with van der Waals surface area (Å²) in [6.07, 6.45) is -2.54. The van der Waals surface area contributed by atoms with E-state index in [1.807, 2.05) is 0 Å². The van der Waals surface area contributed by atoms with Crippen molar-refractivity contribution in [1.29, 1.82) is 0 Å². The lowest BCUT2D eigenvalue weighted by molar-refractivity contribution is -0.137. The second-order valence-corrected chi connectivity index (χ2v) is 10.2. The topological polar surface area (TPSA) is 76.2 Å². The highest BCUT2D eigenvalue weighted by molar-refractivity contribution is 6.28. The maximum Gasteiger partial charge on any atom is 0.416 e. The lowest BCUT2D eigenvalue weighted by Gasteiger charge is -2.27. The fourth-order valence-electron chi connectivity index (χ4n) is 5.59. The van der Waals surface area contributed by atoms with E-state index in [0.717, 1.165) is 47.9 Å². The van der Waals surface area contributed by atoms with E-state index in [0.29, 0.717) is 17.8 Å². The second kappa shape index (κ2) is 11.8. The maximum absolute atomic E-state index is 14.1. The first-order chi connectivity index (χ1) is 20.1. The van der Waals surface area contributed by atoms with Gasteiger partial charge in [-0.15, -0.1) is 0 Å². The predicted octanol–water partition coefficient (Wildman–Crippen LogP) is 6.64. The van der Waals surface area contributed by atoms with Gasteiger partial charge in [0, 0.05) is 24.7 Å². The number of nitrogens with zero attached hydrogens (tertiary/aromatic N) is 4. The summed E-state index contributed by atoms with van der Waals surface area (Å²) in [6.45, 7) is 6.32. The van der Waals surface area contributed by atoms with Crippen LogP contribution in [0.2, 0.25) is 0 Å². The number of benzene rings is 3. The summed E-state index contributed by atoms with van der Waals surface area (Å²) in [4.78, 5) is 46.4. The Morgan fingerprint density at radius 2 is 1.55 bits per heavy atom. The molecule has 42 heavy (non-hydrogen) atoms. The zero-order chi connectivity index (χ0) is 30.0. The van der Waals surface area contributed by atoms with Crippen molar-refractivity contribution in [3.05, 3.63) is 83.9 Å². The van der Waals surface area contributed by atoms with Crippen LogP contribution in [0.25, 0.3) is 0 Å². The van der Waals surface area contributed by atoms with Crippen molar-refractivity contribution in [2.45, 2.75) is 38.9 Å². The number of rotatable bonds is 7. The number of anilines is 4. The van der Waals surface area contributed by atoms with Gasteiger partial charge in [0.2, 0.25) is 0 Å². The number of likely N-dealkylation sites (tertiary alicyclic amines) is 1.